The summed E-state index contributed by atoms with van der Waals surface area (Å²) < 4.78 is 0. The molecule has 0 aromatic heterocycles. The van der Waals surface area contributed by atoms with Crippen molar-refractivity contribution in [2.75, 3.05) is 0 Å². The Morgan fingerprint density at radius 2 is 1.47 bits per heavy atom. The molecule has 1 atom stereocenters. The van der Waals surface area contributed by atoms with Crippen LogP contribution in [0.15, 0.2) is 60.7 Å². The van der Waals surface area contributed by atoms with Crippen molar-refractivity contribution >= 4 is 0 Å². The lowest BCUT2D eigenvalue weighted by Crippen LogP contribution is -2.30. The Kier molecular flexibility index (Phi) is 5.60. The summed E-state index contributed by atoms with van der Waals surface area (Å²) in [7, 11) is 0. The van der Waals surface area contributed by atoms with E-state index in [0.29, 0.717) is 12.6 Å². The van der Waals surface area contributed by atoms with Crippen LogP contribution in [0.1, 0.15) is 24.5 Å². The van der Waals surface area contributed by atoms with Crippen LogP contribution >= 0.6 is 0 Å². The molecular weight excluding hydrogens is 234 g/mol. The number of nitrogens with one attached hydrogen (secondary N) is 1. The molecule has 2 aromatic carbocycles. The third-order valence-corrected chi connectivity index (χ3v) is 3.15. The predicted molar refractivity (Wildman–Crippen MR) is 78.6 cm³/mol. The summed E-state index contributed by atoms with van der Waals surface area (Å²) in [5.74, 6) is 0. The van der Waals surface area contributed by atoms with Gasteiger partial charge in [-0.05, 0) is 24.0 Å². The molecule has 0 amide bonds. The minimum atomic E-state index is 0.353. The molecule has 0 bridgehead atoms. The first-order valence-corrected chi connectivity index (χ1v) is 6.83. The molecule has 0 aliphatic rings. The molecule has 1 N–H and O–H groups in total. The van der Waals surface area contributed by atoms with E-state index in [0.717, 1.165) is 12.8 Å². The van der Waals surface area contributed by atoms with Gasteiger partial charge in [0.25, 0.3) is 0 Å². The van der Waals surface area contributed by atoms with Crippen LogP contribution in [0.2, 0.25) is 0 Å². The van der Waals surface area contributed by atoms with Gasteiger partial charge in [0, 0.05) is 6.04 Å². The summed E-state index contributed by atoms with van der Waals surface area (Å²) >= 11 is 0. The largest absolute Gasteiger partial charge is 0.297 e. The van der Waals surface area contributed by atoms with Crippen LogP contribution in [0, 0.1) is 0 Å². The predicted octanol–water partition coefficient (Wildman–Crippen LogP) is 3.73. The maximum absolute atomic E-state index is 5.59. The first-order valence-electron chi connectivity index (χ1n) is 6.83. The Labute approximate surface area is 115 Å². The minimum Gasteiger partial charge on any atom is -0.297 e. The van der Waals surface area contributed by atoms with Crippen molar-refractivity contribution in [1.82, 2.24) is 5.48 Å². The zero-order valence-electron chi connectivity index (χ0n) is 11.4. The fraction of sp³-hybridized carbons (Fsp3) is 0.294. The summed E-state index contributed by atoms with van der Waals surface area (Å²) in [5.41, 5.74) is 5.69. The van der Waals surface area contributed by atoms with Crippen LogP contribution in [0.5, 0.6) is 0 Å². The van der Waals surface area contributed by atoms with E-state index in [9.17, 15) is 0 Å². The van der Waals surface area contributed by atoms with Crippen LogP contribution in [0.25, 0.3) is 0 Å². The summed E-state index contributed by atoms with van der Waals surface area (Å²) in [5, 5.41) is 0. The van der Waals surface area contributed by atoms with E-state index in [1.807, 2.05) is 24.3 Å². The highest BCUT2D eigenvalue weighted by molar-refractivity contribution is 5.16. The van der Waals surface area contributed by atoms with E-state index in [1.54, 1.807) is 0 Å². The van der Waals surface area contributed by atoms with Gasteiger partial charge in [-0.1, -0.05) is 67.6 Å². The van der Waals surface area contributed by atoms with Crippen LogP contribution in [0.3, 0.4) is 0 Å². The highest BCUT2D eigenvalue weighted by Crippen LogP contribution is 2.06. The normalized spacial score (nSPS) is 12.3. The Balaban J connectivity index is 1.77. The number of hydrogen-bond donors (Lipinski definition) is 1. The second-order valence-corrected chi connectivity index (χ2v) is 4.69. The van der Waals surface area contributed by atoms with Gasteiger partial charge < -0.3 is 0 Å². The van der Waals surface area contributed by atoms with Crippen molar-refractivity contribution in [3.05, 3.63) is 71.8 Å². The highest BCUT2D eigenvalue weighted by Gasteiger charge is 2.06. The maximum Gasteiger partial charge on any atom is 0.0933 e. The molecule has 2 heteroatoms. The molecular formula is C17H21NO. The smallest absolute Gasteiger partial charge is 0.0933 e. The van der Waals surface area contributed by atoms with Crippen molar-refractivity contribution in [3.8, 4) is 0 Å². The zero-order valence-corrected chi connectivity index (χ0v) is 11.4. The molecule has 2 nitrogen and oxygen atoms in total. The highest BCUT2D eigenvalue weighted by atomic mass is 16.6. The van der Waals surface area contributed by atoms with E-state index in [4.69, 9.17) is 4.84 Å². The molecule has 0 saturated carbocycles. The quantitative estimate of drug-likeness (QED) is 0.761. The Morgan fingerprint density at radius 1 is 0.895 bits per heavy atom. The first-order chi connectivity index (χ1) is 9.38. The zero-order chi connectivity index (χ0) is 13.3. The summed E-state index contributed by atoms with van der Waals surface area (Å²) in [6.45, 7) is 2.78. The van der Waals surface area contributed by atoms with Crippen molar-refractivity contribution in [1.29, 1.82) is 0 Å². The summed E-state index contributed by atoms with van der Waals surface area (Å²) in [6, 6.07) is 21.1. The molecule has 19 heavy (non-hydrogen) atoms. The maximum atomic E-state index is 5.59. The molecule has 0 aliphatic carbocycles. The van der Waals surface area contributed by atoms with Gasteiger partial charge in [-0.25, -0.2) is 0 Å². The Morgan fingerprint density at radius 3 is 2.05 bits per heavy atom. The molecule has 0 fully saturated rings. The molecule has 2 aromatic rings. The Bertz CT molecular complexity index is 455. The second-order valence-electron chi connectivity index (χ2n) is 4.69. The van der Waals surface area contributed by atoms with Gasteiger partial charge >= 0.3 is 0 Å². The molecule has 0 saturated heterocycles. The van der Waals surface area contributed by atoms with Gasteiger partial charge in [0.2, 0.25) is 0 Å². The van der Waals surface area contributed by atoms with Gasteiger partial charge in [-0.2, -0.15) is 5.48 Å². The summed E-state index contributed by atoms with van der Waals surface area (Å²) in [6.07, 6.45) is 2.04. The van der Waals surface area contributed by atoms with Crippen LogP contribution < -0.4 is 5.48 Å². The minimum absolute atomic E-state index is 0.353. The third-order valence-electron chi connectivity index (χ3n) is 3.15. The van der Waals surface area contributed by atoms with Crippen LogP contribution in [-0.4, -0.2) is 6.04 Å². The van der Waals surface area contributed by atoms with Gasteiger partial charge in [0.15, 0.2) is 0 Å². The molecule has 0 radical (unpaired) electrons. The third kappa shape index (κ3) is 4.86. The number of rotatable bonds is 7. The molecule has 0 unspecified atom stereocenters. The SMILES string of the molecule is CC[C@@H](Cc1ccccc1)NOCc1ccccc1. The van der Waals surface area contributed by atoms with Crippen molar-refractivity contribution < 1.29 is 4.84 Å². The topological polar surface area (TPSA) is 21.3 Å². The number of hydroxylamine groups is 1. The molecule has 0 spiro atoms. The van der Waals surface area contributed by atoms with E-state index < -0.39 is 0 Å². The fourth-order valence-electron chi connectivity index (χ4n) is 1.99. The first kappa shape index (κ1) is 13.8. The monoisotopic (exact) mass is 255 g/mol. The lowest BCUT2D eigenvalue weighted by molar-refractivity contribution is 0.00277. The molecule has 100 valence electrons. The van der Waals surface area contributed by atoms with E-state index >= 15 is 0 Å². The second kappa shape index (κ2) is 7.72. The summed E-state index contributed by atoms with van der Waals surface area (Å²) in [4.78, 5) is 5.59. The fourth-order valence-corrected chi connectivity index (χ4v) is 1.99. The van der Waals surface area contributed by atoms with Gasteiger partial charge in [-0.15, -0.1) is 0 Å². The van der Waals surface area contributed by atoms with E-state index in [2.05, 4.69) is 48.8 Å². The van der Waals surface area contributed by atoms with Crippen molar-refractivity contribution in [3.63, 3.8) is 0 Å². The van der Waals surface area contributed by atoms with E-state index in [-0.39, 0.29) is 0 Å². The molecule has 2 rings (SSSR count). The Hall–Kier alpha value is -1.64. The lowest BCUT2D eigenvalue weighted by Gasteiger charge is -2.16. The average Bonchev–Trinajstić information content (AvgIpc) is 2.48. The standard InChI is InChI=1S/C17H21NO/c1-2-17(13-15-9-5-3-6-10-15)18-19-14-16-11-7-4-8-12-16/h3-12,17-18H,2,13-14H2,1H3/t17-/m0/s1. The van der Waals surface area contributed by atoms with E-state index in [1.165, 1.54) is 11.1 Å². The molecule has 0 aliphatic heterocycles. The van der Waals surface area contributed by atoms with Gasteiger partial charge in [-0.3, -0.25) is 4.84 Å². The van der Waals surface area contributed by atoms with Crippen LogP contribution in [0.4, 0.5) is 0 Å². The van der Waals surface area contributed by atoms with Crippen LogP contribution in [-0.2, 0) is 17.9 Å². The van der Waals surface area contributed by atoms with Gasteiger partial charge in [0.1, 0.15) is 0 Å². The van der Waals surface area contributed by atoms with Gasteiger partial charge in [0.05, 0.1) is 6.61 Å². The average molecular weight is 255 g/mol. The van der Waals surface area contributed by atoms with Crippen molar-refractivity contribution in [2.45, 2.75) is 32.4 Å². The molecule has 0 heterocycles. The lowest BCUT2D eigenvalue weighted by atomic mass is 10.1. The van der Waals surface area contributed by atoms with Crippen molar-refractivity contribution in [2.24, 2.45) is 0 Å². The number of hydrogen-bond acceptors (Lipinski definition) is 2. The number of benzene rings is 2.